The molecular formula is C14H19N3O4. The van der Waals surface area contributed by atoms with E-state index in [1.54, 1.807) is 31.2 Å². The van der Waals surface area contributed by atoms with E-state index in [-0.39, 0.29) is 12.3 Å². The van der Waals surface area contributed by atoms with Gasteiger partial charge in [-0.15, -0.1) is 0 Å². The molecule has 1 rings (SSSR count). The molecule has 0 bridgehead atoms. The monoisotopic (exact) mass is 293 g/mol. The van der Waals surface area contributed by atoms with Crippen molar-refractivity contribution in [3.8, 4) is 0 Å². The molecular weight excluding hydrogens is 274 g/mol. The van der Waals surface area contributed by atoms with Crippen LogP contribution in [0.3, 0.4) is 0 Å². The van der Waals surface area contributed by atoms with Gasteiger partial charge < -0.3 is 21.1 Å². The fourth-order valence-electron chi connectivity index (χ4n) is 1.70. The number of urea groups is 1. The Labute approximate surface area is 122 Å². The van der Waals surface area contributed by atoms with Crippen LogP contribution in [0, 0.1) is 0 Å². The highest BCUT2D eigenvalue weighted by molar-refractivity contribution is 5.91. The van der Waals surface area contributed by atoms with Crippen molar-refractivity contribution in [2.45, 2.75) is 32.7 Å². The van der Waals surface area contributed by atoms with Gasteiger partial charge in [-0.2, -0.15) is 0 Å². The van der Waals surface area contributed by atoms with Crippen LogP contribution in [0.15, 0.2) is 24.3 Å². The van der Waals surface area contributed by atoms with Gasteiger partial charge in [0.2, 0.25) is 5.91 Å². The lowest BCUT2D eigenvalue weighted by Crippen LogP contribution is -2.38. The zero-order chi connectivity index (χ0) is 15.8. The molecule has 0 aliphatic rings. The van der Waals surface area contributed by atoms with Crippen molar-refractivity contribution in [2.75, 3.05) is 10.6 Å². The first-order valence-electron chi connectivity index (χ1n) is 6.57. The van der Waals surface area contributed by atoms with E-state index in [1.165, 1.54) is 6.92 Å². The summed E-state index contributed by atoms with van der Waals surface area (Å²) in [6.07, 6.45) is 0.409. The molecule has 0 saturated carbocycles. The number of carbonyl (C=O) groups excluding carboxylic acids is 2. The highest BCUT2D eigenvalue weighted by atomic mass is 16.4. The summed E-state index contributed by atoms with van der Waals surface area (Å²) in [6.45, 7) is 3.21. The topological polar surface area (TPSA) is 108 Å². The Morgan fingerprint density at radius 2 is 1.62 bits per heavy atom. The summed E-state index contributed by atoms with van der Waals surface area (Å²) in [5.74, 6) is -1.13. The van der Waals surface area contributed by atoms with Gasteiger partial charge in [0.15, 0.2) is 0 Å². The van der Waals surface area contributed by atoms with Crippen molar-refractivity contribution in [1.29, 1.82) is 0 Å². The molecule has 0 saturated heterocycles. The number of nitrogens with one attached hydrogen (secondary N) is 3. The van der Waals surface area contributed by atoms with E-state index in [9.17, 15) is 14.4 Å². The van der Waals surface area contributed by atoms with Gasteiger partial charge in [0.1, 0.15) is 0 Å². The van der Waals surface area contributed by atoms with Crippen molar-refractivity contribution in [3.05, 3.63) is 24.3 Å². The number of carboxylic acids is 1. The molecule has 3 amide bonds. The van der Waals surface area contributed by atoms with Gasteiger partial charge in [0.05, 0.1) is 6.42 Å². The molecule has 4 N–H and O–H groups in total. The van der Waals surface area contributed by atoms with E-state index >= 15 is 0 Å². The molecule has 0 fully saturated rings. The Hall–Kier alpha value is -2.57. The first-order valence-corrected chi connectivity index (χ1v) is 6.57. The van der Waals surface area contributed by atoms with Gasteiger partial charge in [-0.25, -0.2) is 4.79 Å². The van der Waals surface area contributed by atoms with Crippen LogP contribution in [0.5, 0.6) is 0 Å². The maximum Gasteiger partial charge on any atom is 0.319 e. The minimum absolute atomic E-state index is 0.120. The third-order valence-corrected chi connectivity index (χ3v) is 2.71. The van der Waals surface area contributed by atoms with E-state index in [0.717, 1.165) is 0 Å². The van der Waals surface area contributed by atoms with E-state index in [0.29, 0.717) is 17.8 Å². The number of amides is 3. The summed E-state index contributed by atoms with van der Waals surface area (Å²) in [5, 5.41) is 16.5. The first-order chi connectivity index (χ1) is 9.90. The molecule has 0 radical (unpaired) electrons. The lowest BCUT2D eigenvalue weighted by atomic mass is 10.1. The SMILES string of the molecule is CCC(CC(=O)O)NC(=O)Nc1ccc(NC(C)=O)cc1. The smallest absolute Gasteiger partial charge is 0.319 e. The van der Waals surface area contributed by atoms with E-state index in [4.69, 9.17) is 5.11 Å². The second-order valence-corrected chi connectivity index (χ2v) is 4.56. The van der Waals surface area contributed by atoms with Crippen LogP contribution in [-0.4, -0.2) is 29.1 Å². The van der Waals surface area contributed by atoms with Gasteiger partial charge >= 0.3 is 12.0 Å². The van der Waals surface area contributed by atoms with Gasteiger partial charge in [-0.05, 0) is 30.7 Å². The second kappa shape index (κ2) is 7.88. The van der Waals surface area contributed by atoms with Gasteiger partial charge in [0.25, 0.3) is 0 Å². The number of aliphatic carboxylic acids is 1. The average Bonchev–Trinajstić information content (AvgIpc) is 2.39. The Morgan fingerprint density at radius 3 is 2.05 bits per heavy atom. The van der Waals surface area contributed by atoms with Crippen LogP contribution in [0.1, 0.15) is 26.7 Å². The van der Waals surface area contributed by atoms with Gasteiger partial charge in [-0.1, -0.05) is 6.92 Å². The summed E-state index contributed by atoms with van der Waals surface area (Å²) in [7, 11) is 0. The summed E-state index contributed by atoms with van der Waals surface area (Å²) in [5.41, 5.74) is 1.18. The minimum atomic E-state index is -0.957. The molecule has 0 heterocycles. The molecule has 1 aromatic rings. The van der Waals surface area contributed by atoms with Crippen LogP contribution in [0.4, 0.5) is 16.2 Å². The number of rotatable bonds is 6. The maximum absolute atomic E-state index is 11.7. The van der Waals surface area contributed by atoms with Crippen LogP contribution in [0.2, 0.25) is 0 Å². The van der Waals surface area contributed by atoms with Crippen molar-refractivity contribution < 1.29 is 19.5 Å². The Kier molecular flexibility index (Phi) is 6.19. The van der Waals surface area contributed by atoms with Crippen molar-refractivity contribution >= 4 is 29.3 Å². The van der Waals surface area contributed by atoms with Crippen LogP contribution in [0.25, 0.3) is 0 Å². The largest absolute Gasteiger partial charge is 0.481 e. The fourth-order valence-corrected chi connectivity index (χ4v) is 1.70. The lowest BCUT2D eigenvalue weighted by molar-refractivity contribution is -0.137. The summed E-state index contributed by atoms with van der Waals surface area (Å²) in [4.78, 5) is 33.2. The van der Waals surface area contributed by atoms with Crippen molar-refractivity contribution in [3.63, 3.8) is 0 Å². The lowest BCUT2D eigenvalue weighted by Gasteiger charge is -2.15. The number of anilines is 2. The summed E-state index contributed by atoms with van der Waals surface area (Å²) < 4.78 is 0. The molecule has 0 aromatic heterocycles. The quantitative estimate of drug-likeness (QED) is 0.643. The zero-order valence-corrected chi connectivity index (χ0v) is 12.0. The summed E-state index contributed by atoms with van der Waals surface area (Å²) >= 11 is 0. The molecule has 1 unspecified atom stereocenters. The molecule has 7 nitrogen and oxygen atoms in total. The molecule has 1 atom stereocenters. The van der Waals surface area contributed by atoms with Gasteiger partial charge in [-0.3, -0.25) is 9.59 Å². The second-order valence-electron chi connectivity index (χ2n) is 4.56. The number of hydrogen-bond donors (Lipinski definition) is 4. The standard InChI is InChI=1S/C14H19N3O4/c1-3-10(8-13(19)20)16-14(21)17-12-6-4-11(5-7-12)15-9(2)18/h4-7,10H,3,8H2,1-2H3,(H,15,18)(H,19,20)(H2,16,17,21). The third-order valence-electron chi connectivity index (χ3n) is 2.71. The number of hydrogen-bond acceptors (Lipinski definition) is 3. The molecule has 114 valence electrons. The molecule has 0 spiro atoms. The Balaban J connectivity index is 2.54. The minimum Gasteiger partial charge on any atom is -0.481 e. The molecule has 0 aliphatic heterocycles. The molecule has 21 heavy (non-hydrogen) atoms. The highest BCUT2D eigenvalue weighted by Gasteiger charge is 2.13. The van der Waals surface area contributed by atoms with E-state index in [2.05, 4.69) is 16.0 Å². The van der Waals surface area contributed by atoms with Crippen LogP contribution in [-0.2, 0) is 9.59 Å². The number of carboxylic acid groups (broad SMARTS) is 1. The number of carbonyl (C=O) groups is 3. The van der Waals surface area contributed by atoms with E-state index < -0.39 is 18.0 Å². The van der Waals surface area contributed by atoms with E-state index in [1.807, 2.05) is 0 Å². The van der Waals surface area contributed by atoms with Gasteiger partial charge in [0, 0.05) is 24.3 Å². The predicted octanol–water partition coefficient (Wildman–Crippen LogP) is 2.02. The fraction of sp³-hybridized carbons (Fsp3) is 0.357. The zero-order valence-electron chi connectivity index (χ0n) is 12.0. The van der Waals surface area contributed by atoms with Crippen molar-refractivity contribution in [2.24, 2.45) is 0 Å². The highest BCUT2D eigenvalue weighted by Crippen LogP contribution is 2.13. The predicted molar refractivity (Wildman–Crippen MR) is 79.2 cm³/mol. The molecule has 0 aliphatic carbocycles. The first kappa shape index (κ1) is 16.5. The maximum atomic E-state index is 11.7. The van der Waals surface area contributed by atoms with Crippen LogP contribution >= 0.6 is 0 Å². The molecule has 7 heteroatoms. The van der Waals surface area contributed by atoms with Crippen molar-refractivity contribution in [1.82, 2.24) is 5.32 Å². The Bertz CT molecular complexity index is 513. The number of benzene rings is 1. The molecule has 1 aromatic carbocycles. The van der Waals surface area contributed by atoms with Crippen LogP contribution < -0.4 is 16.0 Å². The average molecular weight is 293 g/mol. The summed E-state index contributed by atoms with van der Waals surface area (Å²) in [6, 6.07) is 5.72. The Morgan fingerprint density at radius 1 is 1.10 bits per heavy atom. The third kappa shape index (κ3) is 6.42. The normalized spacial score (nSPS) is 11.3.